The number of methoxy groups -OCH3 is 1. The Bertz CT molecular complexity index is 483. The van der Waals surface area contributed by atoms with Crippen molar-refractivity contribution in [3.8, 4) is 5.75 Å². The molecule has 5 nitrogen and oxygen atoms in total. The Balaban J connectivity index is 2.35. The van der Waals surface area contributed by atoms with E-state index in [-0.39, 0.29) is 6.04 Å². The highest BCUT2D eigenvalue weighted by atomic mass is 32.2. The lowest BCUT2D eigenvalue weighted by atomic mass is 10.3. The number of sulfonamides is 1. The molecule has 2 rings (SSSR count). The van der Waals surface area contributed by atoms with Crippen LogP contribution in [0.2, 0.25) is 0 Å². The highest BCUT2D eigenvalue weighted by Crippen LogP contribution is 2.32. The summed E-state index contributed by atoms with van der Waals surface area (Å²) >= 11 is 1.20. The molecular weight excluding hydrogens is 260 g/mol. The predicted molar refractivity (Wildman–Crippen MR) is 67.1 cm³/mol. The minimum atomic E-state index is -3.42. The van der Waals surface area contributed by atoms with Gasteiger partial charge in [0, 0.05) is 25.7 Å². The number of nitrogens with zero attached hydrogens (tertiary/aromatic N) is 1. The van der Waals surface area contributed by atoms with Crippen molar-refractivity contribution in [1.82, 2.24) is 9.62 Å². The Kier molecular flexibility index (Phi) is 3.72. The first-order valence-corrected chi connectivity index (χ1v) is 7.73. The number of nitrogens with one attached hydrogen (secondary N) is 1. The van der Waals surface area contributed by atoms with Crippen molar-refractivity contribution in [2.24, 2.45) is 0 Å². The molecule has 2 heterocycles. The summed E-state index contributed by atoms with van der Waals surface area (Å²) in [5.41, 5.74) is 0. The van der Waals surface area contributed by atoms with E-state index >= 15 is 0 Å². The highest BCUT2D eigenvalue weighted by Gasteiger charge is 2.33. The second kappa shape index (κ2) is 4.93. The van der Waals surface area contributed by atoms with Crippen LogP contribution in [0.25, 0.3) is 0 Å². The van der Waals surface area contributed by atoms with Crippen LogP contribution in [-0.4, -0.2) is 45.5 Å². The van der Waals surface area contributed by atoms with Gasteiger partial charge in [-0.15, -0.1) is 11.3 Å². The van der Waals surface area contributed by atoms with Gasteiger partial charge in [0.15, 0.2) is 4.21 Å². The number of thiophene rings is 1. The third kappa shape index (κ3) is 2.33. The summed E-state index contributed by atoms with van der Waals surface area (Å²) in [4.78, 5) is 0. The van der Waals surface area contributed by atoms with E-state index in [0.29, 0.717) is 29.6 Å². The normalized spacial score (nSPS) is 22.6. The summed E-state index contributed by atoms with van der Waals surface area (Å²) in [6.07, 6.45) is 0. The van der Waals surface area contributed by atoms with Crippen molar-refractivity contribution in [1.29, 1.82) is 0 Å². The lowest BCUT2D eigenvalue weighted by molar-refractivity contribution is 0.283. The fourth-order valence-electron chi connectivity index (χ4n) is 1.91. The van der Waals surface area contributed by atoms with Gasteiger partial charge in [0.05, 0.1) is 7.11 Å². The highest BCUT2D eigenvalue weighted by molar-refractivity contribution is 7.91. The maximum atomic E-state index is 12.5. The van der Waals surface area contributed by atoms with E-state index in [1.807, 2.05) is 6.92 Å². The molecule has 1 saturated heterocycles. The van der Waals surface area contributed by atoms with Crippen LogP contribution in [0.4, 0.5) is 0 Å². The Hall–Kier alpha value is -0.630. The number of hydrogen-bond acceptors (Lipinski definition) is 5. The maximum absolute atomic E-state index is 12.5. The van der Waals surface area contributed by atoms with Gasteiger partial charge in [-0.3, -0.25) is 0 Å². The number of rotatable bonds is 3. The monoisotopic (exact) mass is 276 g/mol. The molecular formula is C10H16N2O3S2. The Morgan fingerprint density at radius 2 is 2.35 bits per heavy atom. The van der Waals surface area contributed by atoms with Crippen LogP contribution in [0, 0.1) is 0 Å². The van der Waals surface area contributed by atoms with Crippen LogP contribution >= 0.6 is 11.3 Å². The minimum absolute atomic E-state index is 0.0273. The van der Waals surface area contributed by atoms with Gasteiger partial charge in [-0.1, -0.05) is 0 Å². The molecule has 1 aliphatic rings. The zero-order chi connectivity index (χ0) is 12.5. The number of hydrogen-bond donors (Lipinski definition) is 1. The first kappa shape index (κ1) is 12.8. The number of piperazine rings is 1. The molecule has 0 radical (unpaired) electrons. The van der Waals surface area contributed by atoms with E-state index < -0.39 is 10.0 Å². The van der Waals surface area contributed by atoms with Gasteiger partial charge in [0.1, 0.15) is 5.75 Å². The van der Waals surface area contributed by atoms with E-state index in [2.05, 4.69) is 5.32 Å². The SMILES string of the molecule is COc1ccsc1S(=O)(=O)N1CCNCC1C. The average Bonchev–Trinajstić information content (AvgIpc) is 2.78. The van der Waals surface area contributed by atoms with Crippen molar-refractivity contribution >= 4 is 21.4 Å². The molecule has 1 atom stereocenters. The van der Waals surface area contributed by atoms with E-state index in [4.69, 9.17) is 4.74 Å². The Morgan fingerprint density at radius 1 is 1.59 bits per heavy atom. The van der Waals surface area contributed by atoms with Crippen molar-refractivity contribution in [3.05, 3.63) is 11.4 Å². The van der Waals surface area contributed by atoms with Crippen molar-refractivity contribution in [3.63, 3.8) is 0 Å². The molecule has 1 unspecified atom stereocenters. The summed E-state index contributed by atoms with van der Waals surface area (Å²) in [5, 5.41) is 4.91. The van der Waals surface area contributed by atoms with Crippen LogP contribution in [-0.2, 0) is 10.0 Å². The lowest BCUT2D eigenvalue weighted by Crippen LogP contribution is -2.51. The molecule has 1 fully saturated rings. The van der Waals surface area contributed by atoms with E-state index in [0.717, 1.165) is 0 Å². The van der Waals surface area contributed by atoms with E-state index in [1.54, 1.807) is 11.4 Å². The van der Waals surface area contributed by atoms with Crippen molar-refractivity contribution in [2.75, 3.05) is 26.7 Å². The first-order chi connectivity index (χ1) is 8.07. The summed E-state index contributed by atoms with van der Waals surface area (Å²) in [5.74, 6) is 0.431. The molecule has 0 amide bonds. The standard InChI is InChI=1S/C10H16N2O3S2/c1-8-7-11-4-5-12(8)17(13,14)10-9(15-2)3-6-16-10/h3,6,8,11H,4-5,7H2,1-2H3. The molecule has 1 aromatic heterocycles. The molecule has 1 aromatic rings. The quantitative estimate of drug-likeness (QED) is 0.884. The van der Waals surface area contributed by atoms with Gasteiger partial charge in [-0.25, -0.2) is 8.42 Å². The van der Waals surface area contributed by atoms with Gasteiger partial charge in [0.25, 0.3) is 10.0 Å². The zero-order valence-corrected chi connectivity index (χ0v) is 11.5. The molecule has 0 aliphatic carbocycles. The van der Waals surface area contributed by atoms with Crippen LogP contribution in [0.1, 0.15) is 6.92 Å². The molecule has 0 saturated carbocycles. The summed E-state index contributed by atoms with van der Waals surface area (Å²) in [6, 6.07) is 1.66. The van der Waals surface area contributed by atoms with Gasteiger partial charge in [-0.05, 0) is 18.4 Å². The van der Waals surface area contributed by atoms with E-state index in [1.165, 1.54) is 22.8 Å². The molecule has 0 spiro atoms. The van der Waals surface area contributed by atoms with Crippen LogP contribution < -0.4 is 10.1 Å². The van der Waals surface area contributed by atoms with Crippen LogP contribution in [0.3, 0.4) is 0 Å². The van der Waals surface area contributed by atoms with E-state index in [9.17, 15) is 8.42 Å². The fraction of sp³-hybridized carbons (Fsp3) is 0.600. The number of ether oxygens (including phenoxy) is 1. The molecule has 1 N–H and O–H groups in total. The second-order valence-electron chi connectivity index (χ2n) is 3.95. The van der Waals surface area contributed by atoms with Crippen LogP contribution in [0.5, 0.6) is 5.75 Å². The second-order valence-corrected chi connectivity index (χ2v) is 6.95. The molecule has 96 valence electrons. The molecule has 1 aliphatic heterocycles. The minimum Gasteiger partial charge on any atom is -0.494 e. The van der Waals surface area contributed by atoms with Crippen molar-refractivity contribution < 1.29 is 13.2 Å². The summed E-state index contributed by atoms with van der Waals surface area (Å²) in [6.45, 7) is 3.79. The fourth-order valence-corrected chi connectivity index (χ4v) is 4.93. The van der Waals surface area contributed by atoms with Gasteiger partial charge in [-0.2, -0.15) is 4.31 Å². The average molecular weight is 276 g/mol. The third-order valence-electron chi connectivity index (χ3n) is 2.80. The molecule has 7 heteroatoms. The Labute approximate surface area is 105 Å². The lowest BCUT2D eigenvalue weighted by Gasteiger charge is -2.32. The molecule has 17 heavy (non-hydrogen) atoms. The summed E-state index contributed by atoms with van der Waals surface area (Å²) < 4.78 is 31.9. The van der Waals surface area contributed by atoms with Gasteiger partial charge < -0.3 is 10.1 Å². The molecule has 0 aromatic carbocycles. The largest absolute Gasteiger partial charge is 0.494 e. The molecule has 0 bridgehead atoms. The third-order valence-corrected chi connectivity index (χ3v) is 6.24. The summed E-state index contributed by atoms with van der Waals surface area (Å²) in [7, 11) is -1.94. The van der Waals surface area contributed by atoms with Gasteiger partial charge in [0.2, 0.25) is 0 Å². The first-order valence-electron chi connectivity index (χ1n) is 5.41. The Morgan fingerprint density at radius 3 is 3.00 bits per heavy atom. The smallest absolute Gasteiger partial charge is 0.256 e. The van der Waals surface area contributed by atoms with Gasteiger partial charge >= 0.3 is 0 Å². The zero-order valence-electron chi connectivity index (χ0n) is 9.84. The maximum Gasteiger partial charge on any atom is 0.256 e. The predicted octanol–water partition coefficient (Wildman–Crippen LogP) is 0.739. The van der Waals surface area contributed by atoms with Crippen molar-refractivity contribution in [2.45, 2.75) is 17.2 Å². The van der Waals surface area contributed by atoms with Crippen LogP contribution in [0.15, 0.2) is 15.7 Å². The topological polar surface area (TPSA) is 58.6 Å².